The quantitative estimate of drug-likeness (QED) is 0.524. The maximum atomic E-state index is 12.7. The lowest BCUT2D eigenvalue weighted by Gasteiger charge is -2.07. The number of hydrogen-bond donors (Lipinski definition) is 1. The zero-order chi connectivity index (χ0) is 18.1. The number of carbonyl (C=O) groups is 1. The number of imidazole rings is 1. The summed E-state index contributed by atoms with van der Waals surface area (Å²) in [6, 6.07) is 15.2. The fraction of sp³-hybridized carbons (Fsp3) is 0.100. The van der Waals surface area contributed by atoms with Crippen LogP contribution < -0.4 is 10.1 Å². The molecule has 0 spiro atoms. The van der Waals surface area contributed by atoms with E-state index in [0.29, 0.717) is 11.5 Å². The Morgan fingerprint density at radius 1 is 1.27 bits per heavy atom. The number of para-hydroxylation sites is 2. The molecule has 0 aliphatic rings. The van der Waals surface area contributed by atoms with Crippen molar-refractivity contribution in [3.8, 4) is 5.75 Å². The predicted octanol–water partition coefficient (Wildman–Crippen LogP) is 4.67. The average molecular weight is 363 g/mol. The van der Waals surface area contributed by atoms with Gasteiger partial charge in [0.2, 0.25) is 0 Å². The summed E-state index contributed by atoms with van der Waals surface area (Å²) in [5.74, 6) is 0.599. The van der Waals surface area contributed by atoms with Crippen LogP contribution in [0.4, 0.5) is 5.69 Å². The van der Waals surface area contributed by atoms with Gasteiger partial charge in [0.15, 0.2) is 4.96 Å². The summed E-state index contributed by atoms with van der Waals surface area (Å²) in [5, 5.41) is 2.94. The largest absolute Gasteiger partial charge is 0.490 e. The highest BCUT2D eigenvalue weighted by Gasteiger charge is 2.18. The van der Waals surface area contributed by atoms with Crippen LogP contribution in [0.15, 0.2) is 61.2 Å². The van der Waals surface area contributed by atoms with E-state index in [1.807, 2.05) is 59.9 Å². The Morgan fingerprint density at radius 2 is 2.04 bits per heavy atom. The molecule has 1 amide bonds. The lowest BCUT2D eigenvalue weighted by Crippen LogP contribution is -2.11. The van der Waals surface area contributed by atoms with Crippen molar-refractivity contribution in [3.63, 3.8) is 0 Å². The molecule has 0 atom stereocenters. The number of nitrogens with zero attached hydrogens (tertiary/aromatic N) is 2. The van der Waals surface area contributed by atoms with Crippen molar-refractivity contribution in [2.75, 3.05) is 11.9 Å². The van der Waals surface area contributed by atoms with Gasteiger partial charge in [-0.25, -0.2) is 4.98 Å². The highest BCUT2D eigenvalue weighted by molar-refractivity contribution is 7.19. The maximum Gasteiger partial charge on any atom is 0.267 e. The number of carbonyl (C=O) groups excluding carboxylic acids is 1. The van der Waals surface area contributed by atoms with Crippen molar-refractivity contribution < 1.29 is 9.53 Å². The topological polar surface area (TPSA) is 55.6 Å². The SMILES string of the molecule is C=CCOc1ccc(NC(=O)c2sc3nc4ccccc4n3c2C)cc1. The van der Waals surface area contributed by atoms with Gasteiger partial charge in [-0.05, 0) is 43.3 Å². The number of hydrogen-bond acceptors (Lipinski definition) is 4. The Balaban J connectivity index is 1.60. The van der Waals surface area contributed by atoms with Crippen LogP contribution in [0.5, 0.6) is 5.75 Å². The molecule has 0 aliphatic carbocycles. The van der Waals surface area contributed by atoms with Crippen LogP contribution in [-0.4, -0.2) is 21.9 Å². The normalized spacial score (nSPS) is 11.0. The van der Waals surface area contributed by atoms with E-state index in [9.17, 15) is 4.79 Å². The summed E-state index contributed by atoms with van der Waals surface area (Å²) in [7, 11) is 0. The second-order valence-electron chi connectivity index (χ2n) is 5.81. The standard InChI is InChI=1S/C20H17N3O2S/c1-3-12-25-15-10-8-14(9-11-15)21-19(24)18-13(2)23-17-7-5-4-6-16(17)22-20(23)26-18/h3-11H,1,12H2,2H3,(H,21,24). The third-order valence-corrected chi connectivity index (χ3v) is 5.22. The van der Waals surface area contributed by atoms with Crippen LogP contribution in [-0.2, 0) is 0 Å². The number of ether oxygens (including phenoxy) is 1. The van der Waals surface area contributed by atoms with Crippen molar-refractivity contribution in [1.82, 2.24) is 9.38 Å². The third kappa shape index (κ3) is 2.84. The van der Waals surface area contributed by atoms with Crippen molar-refractivity contribution in [1.29, 1.82) is 0 Å². The van der Waals surface area contributed by atoms with Crippen molar-refractivity contribution in [3.05, 3.63) is 71.8 Å². The minimum atomic E-state index is -0.137. The molecule has 0 bridgehead atoms. The molecule has 4 rings (SSSR count). The number of anilines is 1. The number of aryl methyl sites for hydroxylation is 1. The Kier molecular flexibility index (Phi) is 4.18. The maximum absolute atomic E-state index is 12.7. The second kappa shape index (κ2) is 6.65. The molecular formula is C20H17N3O2S. The van der Waals surface area contributed by atoms with Crippen LogP contribution >= 0.6 is 11.3 Å². The van der Waals surface area contributed by atoms with Gasteiger partial charge in [0.1, 0.15) is 17.2 Å². The van der Waals surface area contributed by atoms with Gasteiger partial charge in [0, 0.05) is 11.4 Å². The average Bonchev–Trinajstić information content (AvgIpc) is 3.18. The first-order valence-electron chi connectivity index (χ1n) is 8.19. The van der Waals surface area contributed by atoms with E-state index in [1.165, 1.54) is 11.3 Å². The van der Waals surface area contributed by atoms with Crippen LogP contribution in [0.3, 0.4) is 0 Å². The van der Waals surface area contributed by atoms with Gasteiger partial charge in [0.25, 0.3) is 5.91 Å². The fourth-order valence-corrected chi connectivity index (χ4v) is 3.89. The zero-order valence-electron chi connectivity index (χ0n) is 14.2. The molecule has 2 aromatic heterocycles. The van der Waals surface area contributed by atoms with Gasteiger partial charge in [-0.15, -0.1) is 0 Å². The van der Waals surface area contributed by atoms with E-state index in [1.54, 1.807) is 6.08 Å². The number of nitrogens with one attached hydrogen (secondary N) is 1. The van der Waals surface area contributed by atoms with Gasteiger partial charge in [0.05, 0.1) is 11.0 Å². The van der Waals surface area contributed by atoms with Crippen molar-refractivity contribution in [2.45, 2.75) is 6.92 Å². The molecule has 6 heteroatoms. The molecule has 2 heterocycles. The molecule has 0 saturated heterocycles. The van der Waals surface area contributed by atoms with Gasteiger partial charge in [-0.3, -0.25) is 9.20 Å². The molecule has 1 N–H and O–H groups in total. The van der Waals surface area contributed by atoms with Crippen molar-refractivity contribution in [2.24, 2.45) is 0 Å². The molecule has 2 aromatic carbocycles. The number of amides is 1. The highest BCUT2D eigenvalue weighted by Crippen LogP contribution is 2.28. The number of rotatable bonds is 5. The molecule has 5 nitrogen and oxygen atoms in total. The summed E-state index contributed by atoms with van der Waals surface area (Å²) in [6.07, 6.45) is 1.69. The Bertz CT molecular complexity index is 1110. The molecule has 0 unspecified atom stereocenters. The first-order valence-corrected chi connectivity index (χ1v) is 9.00. The molecule has 0 fully saturated rings. The van der Waals surface area contributed by atoms with E-state index < -0.39 is 0 Å². The zero-order valence-corrected chi connectivity index (χ0v) is 15.0. The summed E-state index contributed by atoms with van der Waals surface area (Å²) >= 11 is 1.40. The van der Waals surface area contributed by atoms with Crippen LogP contribution in [0, 0.1) is 6.92 Å². The van der Waals surface area contributed by atoms with Crippen LogP contribution in [0.25, 0.3) is 16.0 Å². The van der Waals surface area contributed by atoms with E-state index in [2.05, 4.69) is 16.9 Å². The van der Waals surface area contributed by atoms with Gasteiger partial charge in [-0.1, -0.05) is 36.1 Å². The van der Waals surface area contributed by atoms with E-state index in [0.717, 1.165) is 33.1 Å². The Labute approximate surface area is 154 Å². The van der Waals surface area contributed by atoms with E-state index in [4.69, 9.17) is 4.74 Å². The van der Waals surface area contributed by atoms with E-state index >= 15 is 0 Å². The molecule has 0 saturated carbocycles. The highest BCUT2D eigenvalue weighted by atomic mass is 32.1. The monoisotopic (exact) mass is 363 g/mol. The summed E-state index contributed by atoms with van der Waals surface area (Å²) < 4.78 is 7.48. The first kappa shape index (κ1) is 16.4. The smallest absolute Gasteiger partial charge is 0.267 e. The minimum Gasteiger partial charge on any atom is -0.490 e. The van der Waals surface area contributed by atoms with Gasteiger partial charge in [-0.2, -0.15) is 0 Å². The molecule has 4 aromatic rings. The Hall–Kier alpha value is -3.12. The van der Waals surface area contributed by atoms with Crippen LogP contribution in [0.2, 0.25) is 0 Å². The fourth-order valence-electron chi connectivity index (χ4n) is 2.85. The first-order chi connectivity index (χ1) is 12.7. The lowest BCUT2D eigenvalue weighted by atomic mass is 10.3. The molecular weight excluding hydrogens is 346 g/mol. The summed E-state index contributed by atoms with van der Waals surface area (Å²) in [5.41, 5.74) is 3.56. The second-order valence-corrected chi connectivity index (χ2v) is 6.79. The predicted molar refractivity (Wildman–Crippen MR) is 105 cm³/mol. The van der Waals surface area contributed by atoms with Gasteiger partial charge < -0.3 is 10.1 Å². The van der Waals surface area contributed by atoms with Crippen molar-refractivity contribution >= 4 is 38.9 Å². The number of fused-ring (bicyclic) bond motifs is 3. The van der Waals surface area contributed by atoms with E-state index in [-0.39, 0.29) is 5.91 Å². The van der Waals surface area contributed by atoms with Gasteiger partial charge >= 0.3 is 0 Å². The van der Waals surface area contributed by atoms with Crippen LogP contribution in [0.1, 0.15) is 15.4 Å². The number of thiazole rings is 1. The molecule has 0 radical (unpaired) electrons. The molecule has 26 heavy (non-hydrogen) atoms. The number of aromatic nitrogens is 2. The third-order valence-electron chi connectivity index (χ3n) is 4.07. The molecule has 0 aliphatic heterocycles. The Morgan fingerprint density at radius 3 is 2.81 bits per heavy atom. The minimum absolute atomic E-state index is 0.137. The molecule has 130 valence electrons. The lowest BCUT2D eigenvalue weighted by molar-refractivity contribution is 0.102. The summed E-state index contributed by atoms with van der Waals surface area (Å²) in [6.45, 7) is 6.01. The number of benzene rings is 2. The summed E-state index contributed by atoms with van der Waals surface area (Å²) in [4.78, 5) is 18.8.